The van der Waals surface area contributed by atoms with Crippen molar-refractivity contribution in [2.24, 2.45) is 17.8 Å². The fourth-order valence-electron chi connectivity index (χ4n) is 8.87. The first kappa shape index (κ1) is 43.3. The number of hydrogen-bond donors (Lipinski definition) is 6. The van der Waals surface area contributed by atoms with E-state index in [4.69, 9.17) is 28.4 Å². The number of esters is 1. The topological polar surface area (TPSA) is 197 Å². The zero-order valence-corrected chi connectivity index (χ0v) is 33.3. The van der Waals surface area contributed by atoms with E-state index >= 15 is 0 Å². The molecule has 6 N–H and O–H groups in total. The molecule has 0 spiro atoms. The van der Waals surface area contributed by atoms with Gasteiger partial charge < -0.3 is 59.1 Å². The lowest BCUT2D eigenvalue weighted by atomic mass is 9.78. The van der Waals surface area contributed by atoms with Crippen LogP contribution in [0.1, 0.15) is 102 Å². The largest absolute Gasteiger partial charge is 0.489 e. The molecule has 0 aromatic heterocycles. The van der Waals surface area contributed by atoms with Gasteiger partial charge >= 0.3 is 5.97 Å². The van der Waals surface area contributed by atoms with Crippen LogP contribution in [0.3, 0.4) is 0 Å². The third kappa shape index (κ3) is 8.52. The highest BCUT2D eigenvalue weighted by molar-refractivity contribution is 5.73. The first-order chi connectivity index (χ1) is 23.8. The molecule has 0 aromatic rings. The Kier molecular flexibility index (Phi) is 13.3. The predicted molar refractivity (Wildman–Crippen MR) is 189 cm³/mol. The van der Waals surface area contributed by atoms with Crippen molar-refractivity contribution in [2.45, 2.75) is 199 Å². The Morgan fingerprint density at radius 3 is 2.10 bits per heavy atom. The van der Waals surface area contributed by atoms with Crippen molar-refractivity contribution in [1.29, 1.82) is 0 Å². The second-order valence-electron chi connectivity index (χ2n) is 17.2. The van der Waals surface area contributed by atoms with Crippen LogP contribution in [0.25, 0.3) is 0 Å². The van der Waals surface area contributed by atoms with Crippen LogP contribution in [0.2, 0.25) is 0 Å². The number of carbonyl (C=O) groups is 1. The maximum atomic E-state index is 14.1. The fraction of sp³-hybridized carbons (Fsp3) is 0.921. The number of likely N-dealkylation sites (N-methyl/N-ethyl adjacent to an activating group) is 1. The van der Waals surface area contributed by atoms with Crippen molar-refractivity contribution in [3.63, 3.8) is 0 Å². The van der Waals surface area contributed by atoms with Gasteiger partial charge in [0.1, 0.15) is 35.3 Å². The summed E-state index contributed by atoms with van der Waals surface area (Å²) in [4.78, 5) is 16.2. The molecular formula is C38H67NO13. The van der Waals surface area contributed by atoms with Crippen LogP contribution in [-0.4, -0.2) is 145 Å². The SMILES string of the molecule is CC1=C2O[C@](C)(C1)[C@H](O[C@@H]1O[C@H](C)C[C@H](N(C)C(C)C)[C@H]1O)[C@@H](C)[C@H](O[C@H]1C[C@@](C)(O)[C@@H](O)[C@H](C)O1)[C@@H](C)C(=O)O[C@H]([C@@H](C)O)[C@@](C)(O)[C@H](O)[C@@H]2C. The second-order valence-corrected chi connectivity index (χ2v) is 17.2. The number of cyclic esters (lactones) is 1. The molecule has 14 heteroatoms. The molecule has 4 rings (SSSR count). The van der Waals surface area contributed by atoms with Crippen molar-refractivity contribution in [1.82, 2.24) is 4.90 Å². The van der Waals surface area contributed by atoms with Gasteiger partial charge in [0.05, 0.1) is 42.0 Å². The molecule has 4 aliphatic rings. The molecule has 0 aliphatic carbocycles. The van der Waals surface area contributed by atoms with Crippen LogP contribution in [0.5, 0.6) is 0 Å². The minimum Gasteiger partial charge on any atom is -0.489 e. The monoisotopic (exact) mass is 745 g/mol. The lowest BCUT2D eigenvalue weighted by molar-refractivity contribution is -0.316. The van der Waals surface area contributed by atoms with Crippen molar-refractivity contribution in [2.75, 3.05) is 7.05 Å². The maximum Gasteiger partial charge on any atom is 0.311 e. The minimum atomic E-state index is -2.12. The van der Waals surface area contributed by atoms with Gasteiger partial charge in [-0.1, -0.05) is 13.8 Å². The fourth-order valence-corrected chi connectivity index (χ4v) is 8.87. The van der Waals surface area contributed by atoms with Gasteiger partial charge in [0, 0.05) is 36.8 Å². The summed E-state index contributed by atoms with van der Waals surface area (Å²) in [6.07, 6.45) is -11.1. The van der Waals surface area contributed by atoms with Crippen molar-refractivity contribution in [3.8, 4) is 0 Å². The first-order valence-corrected chi connectivity index (χ1v) is 18.9. The van der Waals surface area contributed by atoms with Crippen molar-refractivity contribution in [3.05, 3.63) is 11.3 Å². The van der Waals surface area contributed by atoms with Gasteiger partial charge in [0.2, 0.25) is 0 Å². The van der Waals surface area contributed by atoms with Crippen LogP contribution in [0.15, 0.2) is 11.3 Å². The maximum absolute atomic E-state index is 14.1. The molecule has 0 saturated carbocycles. The van der Waals surface area contributed by atoms with E-state index in [2.05, 4.69) is 4.90 Å². The molecular weight excluding hydrogens is 678 g/mol. The molecule has 0 amide bonds. The smallest absolute Gasteiger partial charge is 0.311 e. The predicted octanol–water partition coefficient (Wildman–Crippen LogP) is 1.99. The Morgan fingerprint density at radius 1 is 0.923 bits per heavy atom. The van der Waals surface area contributed by atoms with Crippen LogP contribution in [0, 0.1) is 17.8 Å². The number of nitrogens with zero attached hydrogens (tertiary/aromatic N) is 1. The Hall–Kier alpha value is -1.43. The third-order valence-corrected chi connectivity index (χ3v) is 12.2. The first-order valence-electron chi connectivity index (χ1n) is 18.9. The number of fused-ring (bicyclic) bond motifs is 2. The number of aliphatic hydroxyl groups is 6. The molecule has 0 radical (unpaired) electrons. The van der Waals surface area contributed by atoms with Gasteiger partial charge in [-0.2, -0.15) is 0 Å². The molecule has 18 atom stereocenters. The highest BCUT2D eigenvalue weighted by atomic mass is 16.7. The molecule has 14 nitrogen and oxygen atoms in total. The Bertz CT molecular complexity index is 1270. The molecule has 0 aromatic carbocycles. The highest BCUT2D eigenvalue weighted by Crippen LogP contribution is 2.47. The van der Waals surface area contributed by atoms with Gasteiger partial charge in [0.25, 0.3) is 0 Å². The number of aliphatic hydroxyl groups excluding tert-OH is 4. The average Bonchev–Trinajstić information content (AvgIpc) is 3.36. The van der Waals surface area contributed by atoms with Gasteiger partial charge in [-0.3, -0.25) is 9.69 Å². The van der Waals surface area contributed by atoms with Crippen molar-refractivity contribution < 1.29 is 63.9 Å². The van der Waals surface area contributed by atoms with Crippen LogP contribution in [0.4, 0.5) is 0 Å². The summed E-state index contributed by atoms with van der Waals surface area (Å²) < 4.78 is 38.5. The third-order valence-electron chi connectivity index (χ3n) is 12.2. The van der Waals surface area contributed by atoms with E-state index in [-0.39, 0.29) is 24.6 Å². The Labute approximate surface area is 309 Å². The molecule has 0 unspecified atom stereocenters. The molecule has 4 aliphatic heterocycles. The number of carbonyl (C=O) groups excluding carboxylic acids is 1. The summed E-state index contributed by atoms with van der Waals surface area (Å²) in [7, 11) is 1.95. The number of rotatable bonds is 7. The van der Waals surface area contributed by atoms with E-state index in [0.717, 1.165) is 5.57 Å². The second kappa shape index (κ2) is 16.0. The Morgan fingerprint density at radius 2 is 1.54 bits per heavy atom. The molecule has 3 saturated heterocycles. The summed E-state index contributed by atoms with van der Waals surface area (Å²) >= 11 is 0. The van der Waals surface area contributed by atoms with Gasteiger partial charge in [-0.15, -0.1) is 0 Å². The zero-order chi connectivity index (χ0) is 39.4. The van der Waals surface area contributed by atoms with Crippen molar-refractivity contribution >= 4 is 5.97 Å². The van der Waals surface area contributed by atoms with Crippen LogP contribution in [-0.2, 0) is 33.2 Å². The summed E-state index contributed by atoms with van der Waals surface area (Å²) in [5, 5.41) is 67.7. The van der Waals surface area contributed by atoms with E-state index in [1.807, 2.05) is 48.6 Å². The quantitative estimate of drug-likeness (QED) is 0.207. The molecule has 3 fully saturated rings. The highest BCUT2D eigenvalue weighted by Gasteiger charge is 2.56. The van der Waals surface area contributed by atoms with Gasteiger partial charge in [-0.05, 0) is 88.3 Å². The van der Waals surface area contributed by atoms with Gasteiger partial charge in [-0.25, -0.2) is 0 Å². The van der Waals surface area contributed by atoms with Gasteiger partial charge in [0.15, 0.2) is 18.7 Å². The van der Waals surface area contributed by atoms with E-state index in [0.29, 0.717) is 18.6 Å². The Balaban J connectivity index is 1.85. The van der Waals surface area contributed by atoms with E-state index < -0.39 is 102 Å². The molecule has 302 valence electrons. The summed E-state index contributed by atoms with van der Waals surface area (Å²) in [5.74, 6) is -3.04. The molecule has 4 heterocycles. The summed E-state index contributed by atoms with van der Waals surface area (Å²) in [6.45, 7) is 20.7. The normalized spacial score (nSPS) is 48.8. The van der Waals surface area contributed by atoms with Crippen LogP contribution >= 0.6 is 0 Å². The minimum absolute atomic E-state index is 0.118. The molecule has 52 heavy (non-hydrogen) atoms. The zero-order valence-electron chi connectivity index (χ0n) is 33.3. The summed E-state index contributed by atoms with van der Waals surface area (Å²) in [6, 6.07) is -0.151. The number of hydrogen-bond acceptors (Lipinski definition) is 14. The van der Waals surface area contributed by atoms with Crippen LogP contribution < -0.4 is 0 Å². The van der Waals surface area contributed by atoms with E-state index in [9.17, 15) is 35.4 Å². The van der Waals surface area contributed by atoms with E-state index in [1.54, 1.807) is 20.8 Å². The lowest BCUT2D eigenvalue weighted by Crippen LogP contribution is -2.61. The average molecular weight is 746 g/mol. The molecule has 2 bridgehead atoms. The number of ether oxygens (including phenoxy) is 6. The van der Waals surface area contributed by atoms with E-state index in [1.165, 1.54) is 20.8 Å². The lowest BCUT2D eigenvalue weighted by Gasteiger charge is -2.48. The summed E-state index contributed by atoms with van der Waals surface area (Å²) in [5.41, 5.74) is -4.05. The standard InChI is InChI=1S/C38H67NO13/c1-17(2)39(13)25-14-19(4)47-35(27(25)41)51-32-21(6)29(49-26-16-36(10,45)31(43)24(9)48-26)22(7)34(44)50-33(23(8)40)38(12,46)30(42)20(5)28-18(3)15-37(32,11)52-28/h17,19-27,29-33,35,40-43,45-46H,14-16H2,1-13H3/t19-,20-,21+,22-,23-,24+,25+,26+,27-,29+,30-,31+,32-,33-,35+,36-,37-,38+/m1/s1.